The molecule has 1 amide bonds. The van der Waals surface area contributed by atoms with Crippen LogP contribution in [0, 0.1) is 6.92 Å². The molecule has 0 spiro atoms. The number of hydrogen-bond donors (Lipinski definition) is 2. The van der Waals surface area contributed by atoms with Gasteiger partial charge in [-0.25, -0.2) is 4.98 Å². The van der Waals surface area contributed by atoms with Crippen LogP contribution in [0.3, 0.4) is 0 Å². The fourth-order valence-electron chi connectivity index (χ4n) is 3.43. The maximum absolute atomic E-state index is 12.5. The van der Waals surface area contributed by atoms with Gasteiger partial charge >= 0.3 is 5.97 Å². The number of aliphatic carboxylic acids is 1. The van der Waals surface area contributed by atoms with Gasteiger partial charge in [0.2, 0.25) is 5.91 Å². The number of carboxylic acid groups (broad SMARTS) is 1. The molecule has 0 saturated heterocycles. The van der Waals surface area contributed by atoms with Crippen LogP contribution in [-0.2, 0) is 9.59 Å². The Labute approximate surface area is 180 Å². The summed E-state index contributed by atoms with van der Waals surface area (Å²) in [5.74, 6) is -1.01. The van der Waals surface area contributed by atoms with Crippen LogP contribution in [0.5, 0.6) is 0 Å². The zero-order valence-electron chi connectivity index (χ0n) is 17.9. The Morgan fingerprint density at radius 3 is 2.47 bits per heavy atom. The van der Waals surface area contributed by atoms with Gasteiger partial charge in [-0.1, -0.05) is 55.9 Å². The highest BCUT2D eigenvalue weighted by Crippen LogP contribution is 2.37. The first kappa shape index (κ1) is 21.9. The van der Waals surface area contributed by atoms with Crippen molar-refractivity contribution < 1.29 is 14.7 Å². The van der Waals surface area contributed by atoms with E-state index in [-0.39, 0.29) is 5.91 Å². The third kappa shape index (κ3) is 4.36. The predicted molar refractivity (Wildman–Crippen MR) is 120 cm³/mol. The number of carboxylic acids is 1. The van der Waals surface area contributed by atoms with E-state index >= 15 is 0 Å². The molecule has 2 aromatic carbocycles. The number of rotatable bonds is 7. The molecule has 0 aliphatic carbocycles. The van der Waals surface area contributed by atoms with E-state index in [9.17, 15) is 9.59 Å². The van der Waals surface area contributed by atoms with E-state index in [1.165, 1.54) is 22.7 Å². The van der Waals surface area contributed by atoms with Crippen molar-refractivity contribution in [2.45, 2.75) is 50.4 Å². The highest BCUT2D eigenvalue weighted by Gasteiger charge is 2.32. The Morgan fingerprint density at radius 2 is 1.83 bits per heavy atom. The van der Waals surface area contributed by atoms with Gasteiger partial charge in [0.25, 0.3) is 0 Å². The van der Waals surface area contributed by atoms with Crippen molar-refractivity contribution in [2.24, 2.45) is 0 Å². The molecule has 3 aromatic rings. The molecule has 3 rings (SSSR count). The first-order chi connectivity index (χ1) is 14.1. The Balaban J connectivity index is 2.04. The van der Waals surface area contributed by atoms with Crippen LogP contribution < -0.4 is 5.32 Å². The second-order valence-corrected chi connectivity index (χ2v) is 9.67. The van der Waals surface area contributed by atoms with Gasteiger partial charge in [-0.3, -0.25) is 14.2 Å². The van der Waals surface area contributed by atoms with E-state index in [1.807, 2.05) is 19.1 Å². The van der Waals surface area contributed by atoms with Crippen molar-refractivity contribution in [1.82, 2.24) is 14.9 Å². The van der Waals surface area contributed by atoms with Gasteiger partial charge in [-0.2, -0.15) is 0 Å². The molecule has 158 valence electrons. The molecule has 0 radical (unpaired) electrons. The number of imidazole rings is 1. The summed E-state index contributed by atoms with van der Waals surface area (Å²) in [5, 5.41) is 14.3. The SMILES string of the molecule is Cc1cnc(SC(C)(C)C(=O)NCC(=O)O)n1-c1ccc(C(C)C)c2ccccc12. The molecule has 1 heterocycles. The third-order valence-electron chi connectivity index (χ3n) is 5.00. The largest absolute Gasteiger partial charge is 0.480 e. The Kier molecular flexibility index (Phi) is 6.22. The number of carbonyl (C=O) groups is 2. The highest BCUT2D eigenvalue weighted by molar-refractivity contribution is 8.01. The molecule has 6 nitrogen and oxygen atoms in total. The van der Waals surface area contributed by atoms with Gasteiger partial charge < -0.3 is 10.4 Å². The molecule has 30 heavy (non-hydrogen) atoms. The van der Waals surface area contributed by atoms with Gasteiger partial charge in [0.15, 0.2) is 5.16 Å². The number of thioether (sulfide) groups is 1. The summed E-state index contributed by atoms with van der Waals surface area (Å²) >= 11 is 1.31. The quantitative estimate of drug-likeness (QED) is 0.544. The summed E-state index contributed by atoms with van der Waals surface area (Å²) in [4.78, 5) is 27.9. The highest BCUT2D eigenvalue weighted by atomic mass is 32.2. The van der Waals surface area contributed by atoms with Crippen molar-refractivity contribution in [3.8, 4) is 5.69 Å². The van der Waals surface area contributed by atoms with Gasteiger partial charge in [0.05, 0.1) is 10.4 Å². The summed E-state index contributed by atoms with van der Waals surface area (Å²) in [6.45, 7) is 9.48. The van der Waals surface area contributed by atoms with Crippen molar-refractivity contribution >= 4 is 34.4 Å². The molecule has 1 aromatic heterocycles. The van der Waals surface area contributed by atoms with Gasteiger partial charge in [0, 0.05) is 17.3 Å². The van der Waals surface area contributed by atoms with Crippen LogP contribution in [0.15, 0.2) is 47.8 Å². The fraction of sp³-hybridized carbons (Fsp3) is 0.348. The number of aryl methyl sites for hydroxylation is 1. The van der Waals surface area contributed by atoms with Gasteiger partial charge in [-0.15, -0.1) is 0 Å². The summed E-state index contributed by atoms with van der Waals surface area (Å²) in [7, 11) is 0. The van der Waals surface area contributed by atoms with E-state index in [2.05, 4.69) is 53.0 Å². The number of hydrogen-bond acceptors (Lipinski definition) is 4. The van der Waals surface area contributed by atoms with E-state index in [4.69, 9.17) is 5.11 Å². The lowest BCUT2D eigenvalue weighted by atomic mass is 9.95. The van der Waals surface area contributed by atoms with Crippen molar-refractivity contribution in [2.75, 3.05) is 6.54 Å². The minimum atomic E-state index is -1.07. The number of nitrogens with one attached hydrogen (secondary N) is 1. The molecule has 0 aliphatic rings. The molecule has 2 N–H and O–H groups in total. The van der Waals surface area contributed by atoms with Crippen molar-refractivity contribution in [3.63, 3.8) is 0 Å². The molecule has 0 atom stereocenters. The topological polar surface area (TPSA) is 84.2 Å². The Bertz CT molecular complexity index is 1100. The monoisotopic (exact) mass is 425 g/mol. The first-order valence-electron chi connectivity index (χ1n) is 9.87. The molecule has 0 fully saturated rings. The summed E-state index contributed by atoms with van der Waals surface area (Å²) in [6.07, 6.45) is 1.79. The summed E-state index contributed by atoms with van der Waals surface area (Å²) in [6, 6.07) is 12.6. The Morgan fingerprint density at radius 1 is 1.17 bits per heavy atom. The fourth-order valence-corrected chi connectivity index (χ4v) is 4.49. The second kappa shape index (κ2) is 8.52. The predicted octanol–water partition coefficient (Wildman–Crippen LogP) is 4.53. The molecule has 0 unspecified atom stereocenters. The van der Waals surface area contributed by atoms with Crippen LogP contribution in [-0.4, -0.2) is 37.8 Å². The molecule has 7 heteroatoms. The average Bonchev–Trinajstić information content (AvgIpc) is 3.04. The maximum Gasteiger partial charge on any atom is 0.322 e. The van der Waals surface area contributed by atoms with Gasteiger partial charge in [-0.05, 0) is 43.7 Å². The number of benzene rings is 2. The van der Waals surface area contributed by atoms with Crippen LogP contribution in [0.2, 0.25) is 0 Å². The second-order valence-electron chi connectivity index (χ2n) is 8.08. The molecular formula is C23H27N3O3S. The minimum absolute atomic E-state index is 0.345. The van der Waals surface area contributed by atoms with E-state index < -0.39 is 17.3 Å². The van der Waals surface area contributed by atoms with Crippen molar-refractivity contribution in [3.05, 3.63) is 53.9 Å². The summed E-state index contributed by atoms with van der Waals surface area (Å²) in [5.41, 5.74) is 3.26. The first-order valence-corrected chi connectivity index (χ1v) is 10.7. The standard InChI is InChI=1S/C23H27N3O3S/c1-14(2)16-10-11-19(18-9-7-6-8-17(16)18)26-15(3)12-25-22(26)30-23(4,5)21(29)24-13-20(27)28/h6-12,14H,13H2,1-5H3,(H,24,29)(H,27,28). The van der Waals surface area contributed by atoms with Crippen LogP contribution in [0.25, 0.3) is 16.5 Å². The smallest absolute Gasteiger partial charge is 0.322 e. The molecule has 0 saturated carbocycles. The molecular weight excluding hydrogens is 398 g/mol. The zero-order chi connectivity index (χ0) is 22.1. The van der Waals surface area contributed by atoms with Crippen LogP contribution >= 0.6 is 11.8 Å². The lowest BCUT2D eigenvalue weighted by Gasteiger charge is -2.23. The van der Waals surface area contributed by atoms with Crippen LogP contribution in [0.1, 0.15) is 44.9 Å². The number of carbonyl (C=O) groups excluding carboxylic acids is 1. The van der Waals surface area contributed by atoms with Crippen LogP contribution in [0.4, 0.5) is 0 Å². The maximum atomic E-state index is 12.5. The summed E-state index contributed by atoms with van der Waals surface area (Å²) < 4.78 is 1.17. The average molecular weight is 426 g/mol. The lowest BCUT2D eigenvalue weighted by molar-refractivity contribution is -0.138. The zero-order valence-corrected chi connectivity index (χ0v) is 18.7. The minimum Gasteiger partial charge on any atom is -0.480 e. The van der Waals surface area contributed by atoms with E-state index in [1.54, 1.807) is 20.0 Å². The number of fused-ring (bicyclic) bond motifs is 1. The number of amides is 1. The van der Waals surface area contributed by atoms with E-state index in [0.717, 1.165) is 16.8 Å². The number of nitrogens with zero attached hydrogens (tertiary/aromatic N) is 2. The van der Waals surface area contributed by atoms with Crippen molar-refractivity contribution in [1.29, 1.82) is 0 Å². The van der Waals surface area contributed by atoms with E-state index in [0.29, 0.717) is 11.1 Å². The number of aromatic nitrogens is 2. The van der Waals surface area contributed by atoms with Gasteiger partial charge in [0.1, 0.15) is 6.54 Å². The normalized spacial score (nSPS) is 11.8. The molecule has 0 aliphatic heterocycles. The molecule has 0 bridgehead atoms. The Hall–Kier alpha value is -2.80. The third-order valence-corrected chi connectivity index (χ3v) is 6.16. The lowest BCUT2D eigenvalue weighted by Crippen LogP contribution is -2.42.